The second-order valence-electron chi connectivity index (χ2n) is 8.93. The van der Waals surface area contributed by atoms with Gasteiger partial charge in [0.1, 0.15) is 11.4 Å². The molecule has 9 nitrogen and oxygen atoms in total. The maximum Gasteiger partial charge on any atom is 0.411 e. The van der Waals surface area contributed by atoms with E-state index in [1.807, 2.05) is 49.6 Å². The molecule has 1 saturated heterocycles. The Morgan fingerprint density at radius 3 is 2.68 bits per heavy atom. The predicted octanol–water partition coefficient (Wildman–Crippen LogP) is 4.52. The molecule has 190 valence electrons. The minimum Gasteiger partial charge on any atom is -0.496 e. The van der Waals surface area contributed by atoms with Gasteiger partial charge in [-0.15, -0.1) is 0 Å². The van der Waals surface area contributed by atoms with E-state index in [0.29, 0.717) is 24.3 Å². The number of anilines is 1. The summed E-state index contributed by atoms with van der Waals surface area (Å²) in [4.78, 5) is 35.2. The average Bonchev–Trinajstić information content (AvgIpc) is 3.60. The number of H-pyrrole nitrogens is 1. The summed E-state index contributed by atoms with van der Waals surface area (Å²) in [7, 11) is 4.84. The maximum atomic E-state index is 13.5. The fourth-order valence-corrected chi connectivity index (χ4v) is 4.77. The summed E-state index contributed by atoms with van der Waals surface area (Å²) >= 11 is 0. The second-order valence-corrected chi connectivity index (χ2v) is 8.93. The van der Waals surface area contributed by atoms with Crippen LogP contribution in [0.4, 0.5) is 10.5 Å². The number of benzene rings is 2. The van der Waals surface area contributed by atoms with Gasteiger partial charge < -0.3 is 24.7 Å². The van der Waals surface area contributed by atoms with Gasteiger partial charge in [0.2, 0.25) is 0 Å². The smallest absolute Gasteiger partial charge is 0.411 e. The van der Waals surface area contributed by atoms with E-state index < -0.39 is 6.09 Å². The fourth-order valence-electron chi connectivity index (χ4n) is 4.77. The molecule has 0 aliphatic carbocycles. The number of aromatic amines is 1. The van der Waals surface area contributed by atoms with Gasteiger partial charge in [0.25, 0.3) is 5.91 Å². The molecule has 1 aliphatic heterocycles. The molecule has 5 rings (SSSR count). The van der Waals surface area contributed by atoms with Crippen LogP contribution in [0.15, 0.2) is 60.9 Å². The van der Waals surface area contributed by atoms with E-state index in [1.165, 1.54) is 7.11 Å². The molecule has 2 aromatic heterocycles. The summed E-state index contributed by atoms with van der Waals surface area (Å²) in [5.41, 5.74) is 5.13. The third kappa shape index (κ3) is 4.73. The van der Waals surface area contributed by atoms with Crippen molar-refractivity contribution in [1.29, 1.82) is 0 Å². The van der Waals surface area contributed by atoms with Crippen molar-refractivity contribution in [2.45, 2.75) is 12.5 Å². The summed E-state index contributed by atoms with van der Waals surface area (Å²) < 4.78 is 10.3. The zero-order valence-corrected chi connectivity index (χ0v) is 21.0. The molecule has 0 bridgehead atoms. The topological polar surface area (TPSA) is 109 Å². The van der Waals surface area contributed by atoms with Crippen molar-refractivity contribution < 1.29 is 19.1 Å². The summed E-state index contributed by atoms with van der Waals surface area (Å²) in [5.74, 6) is 0.627. The Balaban J connectivity index is 1.56. The monoisotopic (exact) mass is 499 g/mol. The lowest BCUT2D eigenvalue weighted by Crippen LogP contribution is -2.34. The molecule has 0 spiro atoms. The van der Waals surface area contributed by atoms with Crippen molar-refractivity contribution in [1.82, 2.24) is 20.2 Å². The fraction of sp³-hybridized carbons (Fsp3) is 0.250. The van der Waals surface area contributed by atoms with Crippen LogP contribution >= 0.6 is 0 Å². The molecular weight excluding hydrogens is 470 g/mol. The Morgan fingerprint density at radius 1 is 1.08 bits per heavy atom. The van der Waals surface area contributed by atoms with Crippen LogP contribution in [-0.4, -0.2) is 67.3 Å². The molecule has 1 unspecified atom stereocenters. The number of hydrogen-bond acceptors (Lipinski definition) is 6. The molecule has 1 fully saturated rings. The number of aromatic nitrogens is 2. The molecule has 2 amide bonds. The number of amides is 2. The highest BCUT2D eigenvalue weighted by atomic mass is 16.5. The standard InChI is InChI=1S/C28H29N5O4/c1-29-19-10-11-33(16-19)27(34)22-12-17(8-9-24(22)32-28(35)37-3)18-13-21-23(15-31-26(21)30-14-18)20-6-4-5-7-25(20)36-2/h4-9,12-15,19,29H,10-11,16H2,1-3H3,(H,30,31)(H,32,35). The first-order valence-corrected chi connectivity index (χ1v) is 12.1. The molecule has 1 atom stereocenters. The van der Waals surface area contributed by atoms with Crippen LogP contribution in [0.2, 0.25) is 0 Å². The zero-order valence-electron chi connectivity index (χ0n) is 21.0. The minimum absolute atomic E-state index is 0.142. The number of fused-ring (bicyclic) bond motifs is 1. The van der Waals surface area contributed by atoms with Crippen molar-refractivity contribution >= 4 is 28.7 Å². The van der Waals surface area contributed by atoms with Crippen molar-refractivity contribution in [3.05, 3.63) is 66.5 Å². The largest absolute Gasteiger partial charge is 0.496 e. The number of ether oxygens (including phenoxy) is 2. The first-order chi connectivity index (χ1) is 18.0. The van der Waals surface area contributed by atoms with Gasteiger partial charge >= 0.3 is 6.09 Å². The van der Waals surface area contributed by atoms with Gasteiger partial charge in [0, 0.05) is 53.6 Å². The maximum absolute atomic E-state index is 13.5. The molecule has 0 radical (unpaired) electrons. The third-order valence-corrected chi connectivity index (χ3v) is 6.82. The highest BCUT2D eigenvalue weighted by molar-refractivity contribution is 6.04. The number of nitrogens with zero attached hydrogens (tertiary/aromatic N) is 2. The highest BCUT2D eigenvalue weighted by Crippen LogP contribution is 2.36. The van der Waals surface area contributed by atoms with Gasteiger partial charge in [-0.25, -0.2) is 9.78 Å². The first-order valence-electron chi connectivity index (χ1n) is 12.1. The summed E-state index contributed by atoms with van der Waals surface area (Å²) in [6.07, 6.45) is 3.94. The van der Waals surface area contributed by atoms with Crippen molar-refractivity contribution in [3.8, 4) is 28.0 Å². The lowest BCUT2D eigenvalue weighted by atomic mass is 9.99. The summed E-state index contributed by atoms with van der Waals surface area (Å²) in [6, 6.07) is 15.5. The minimum atomic E-state index is -0.631. The van der Waals surface area contributed by atoms with Gasteiger partial charge in [0.15, 0.2) is 0 Å². The number of rotatable bonds is 6. The van der Waals surface area contributed by atoms with E-state index in [0.717, 1.165) is 45.5 Å². The van der Waals surface area contributed by atoms with Crippen LogP contribution in [0, 0.1) is 0 Å². The average molecular weight is 500 g/mol. The number of carbonyl (C=O) groups is 2. The van der Waals surface area contributed by atoms with E-state index in [9.17, 15) is 9.59 Å². The van der Waals surface area contributed by atoms with Crippen LogP contribution in [0.3, 0.4) is 0 Å². The Labute approximate surface area is 214 Å². The van der Waals surface area contributed by atoms with E-state index in [1.54, 1.807) is 30.3 Å². The number of para-hydroxylation sites is 1. The second kappa shape index (κ2) is 10.3. The van der Waals surface area contributed by atoms with Gasteiger partial charge in [0.05, 0.1) is 25.5 Å². The quantitative estimate of drug-likeness (QED) is 0.360. The van der Waals surface area contributed by atoms with Gasteiger partial charge in [-0.2, -0.15) is 0 Å². The summed E-state index contributed by atoms with van der Waals surface area (Å²) in [6.45, 7) is 1.25. The Morgan fingerprint density at radius 2 is 1.92 bits per heavy atom. The van der Waals surface area contributed by atoms with Crippen molar-refractivity contribution in [2.24, 2.45) is 0 Å². The molecule has 2 aromatic carbocycles. The molecule has 3 N–H and O–H groups in total. The Kier molecular flexibility index (Phi) is 6.78. The van der Waals surface area contributed by atoms with Crippen molar-refractivity contribution in [3.63, 3.8) is 0 Å². The van der Waals surface area contributed by atoms with Crippen LogP contribution in [0.1, 0.15) is 16.8 Å². The number of pyridine rings is 1. The number of likely N-dealkylation sites (N-methyl/N-ethyl adjacent to an activating group) is 1. The molecule has 4 aromatic rings. The number of carbonyl (C=O) groups excluding carboxylic acids is 2. The molecule has 1 aliphatic rings. The number of nitrogens with one attached hydrogen (secondary N) is 3. The number of likely N-dealkylation sites (tertiary alicyclic amines) is 1. The van der Waals surface area contributed by atoms with E-state index >= 15 is 0 Å². The van der Waals surface area contributed by atoms with Gasteiger partial charge in [-0.1, -0.05) is 24.3 Å². The lowest BCUT2D eigenvalue weighted by Gasteiger charge is -2.19. The van der Waals surface area contributed by atoms with Gasteiger partial charge in [-0.05, 0) is 43.3 Å². The molecular formula is C28H29N5O4. The van der Waals surface area contributed by atoms with Crippen LogP contribution < -0.4 is 15.4 Å². The SMILES string of the molecule is CNC1CCN(C(=O)c2cc(-c3cnc4[nH]cc(-c5ccccc5OC)c4c3)ccc2NC(=O)OC)C1. The van der Waals surface area contributed by atoms with E-state index in [4.69, 9.17) is 9.47 Å². The predicted molar refractivity (Wildman–Crippen MR) is 143 cm³/mol. The number of hydrogen-bond donors (Lipinski definition) is 3. The van der Waals surface area contributed by atoms with Crippen LogP contribution in [-0.2, 0) is 4.74 Å². The van der Waals surface area contributed by atoms with Crippen LogP contribution in [0.25, 0.3) is 33.3 Å². The molecule has 9 heteroatoms. The van der Waals surface area contributed by atoms with Gasteiger partial charge in [-0.3, -0.25) is 10.1 Å². The first kappa shape index (κ1) is 24.3. The normalized spacial score (nSPS) is 15.1. The molecule has 3 heterocycles. The third-order valence-electron chi connectivity index (χ3n) is 6.82. The highest BCUT2D eigenvalue weighted by Gasteiger charge is 2.28. The summed E-state index contributed by atoms with van der Waals surface area (Å²) in [5, 5.41) is 6.84. The number of methoxy groups -OCH3 is 2. The zero-order chi connectivity index (χ0) is 25.9. The van der Waals surface area contributed by atoms with E-state index in [-0.39, 0.29) is 11.9 Å². The lowest BCUT2D eigenvalue weighted by molar-refractivity contribution is 0.0790. The van der Waals surface area contributed by atoms with Crippen molar-refractivity contribution in [2.75, 3.05) is 39.7 Å². The Bertz CT molecular complexity index is 1460. The Hall–Kier alpha value is -4.37. The van der Waals surface area contributed by atoms with E-state index in [2.05, 4.69) is 20.6 Å². The van der Waals surface area contributed by atoms with Crippen LogP contribution in [0.5, 0.6) is 5.75 Å². The molecule has 37 heavy (non-hydrogen) atoms. The molecule has 0 saturated carbocycles.